The molecule has 0 radical (unpaired) electrons. The van der Waals surface area contributed by atoms with E-state index in [0.29, 0.717) is 18.2 Å². The van der Waals surface area contributed by atoms with Crippen LogP contribution in [0.1, 0.15) is 12.1 Å². The van der Waals surface area contributed by atoms with Crippen LogP contribution in [0.15, 0.2) is 30.5 Å². The fraction of sp³-hybridized carbons (Fsp3) is 0.412. The van der Waals surface area contributed by atoms with Crippen molar-refractivity contribution < 1.29 is 13.6 Å². The second kappa shape index (κ2) is 6.98. The molecule has 7 heteroatoms. The van der Waals surface area contributed by atoms with E-state index in [4.69, 9.17) is 0 Å². The molecular weight excluding hydrogens is 314 g/mol. The number of hydrogen-bond donors (Lipinski definition) is 1. The van der Waals surface area contributed by atoms with Crippen LogP contribution in [0.3, 0.4) is 0 Å². The van der Waals surface area contributed by atoms with Gasteiger partial charge in [-0.3, -0.25) is 9.48 Å². The molecule has 2 aromatic rings. The monoisotopic (exact) mass is 334 g/mol. The van der Waals surface area contributed by atoms with Crippen LogP contribution < -0.4 is 10.2 Å². The van der Waals surface area contributed by atoms with E-state index in [1.165, 1.54) is 6.07 Å². The largest absolute Gasteiger partial charge is 0.371 e. The summed E-state index contributed by atoms with van der Waals surface area (Å²) in [6, 6.07) is 5.77. The van der Waals surface area contributed by atoms with Crippen LogP contribution in [0.5, 0.6) is 0 Å². The van der Waals surface area contributed by atoms with Crippen LogP contribution in [0.4, 0.5) is 14.5 Å². The van der Waals surface area contributed by atoms with Crippen LogP contribution >= 0.6 is 0 Å². The van der Waals surface area contributed by atoms with Gasteiger partial charge in [0.1, 0.15) is 0 Å². The topological polar surface area (TPSA) is 50.2 Å². The highest BCUT2D eigenvalue weighted by atomic mass is 19.2. The van der Waals surface area contributed by atoms with E-state index in [1.807, 2.05) is 18.0 Å². The van der Waals surface area contributed by atoms with Gasteiger partial charge in [0.05, 0.1) is 12.1 Å². The molecule has 1 N–H and O–H groups in total. The summed E-state index contributed by atoms with van der Waals surface area (Å²) in [7, 11) is 1.81. The molecule has 1 fully saturated rings. The third-order valence-electron chi connectivity index (χ3n) is 4.25. The summed E-state index contributed by atoms with van der Waals surface area (Å²) >= 11 is 0. The number of hydrogen-bond acceptors (Lipinski definition) is 3. The van der Waals surface area contributed by atoms with Crippen LogP contribution in [-0.2, 0) is 18.3 Å². The lowest BCUT2D eigenvalue weighted by atomic mass is 10.1. The van der Waals surface area contributed by atoms with E-state index in [1.54, 1.807) is 16.9 Å². The zero-order chi connectivity index (χ0) is 17.1. The number of nitrogens with one attached hydrogen (secondary N) is 1. The molecule has 0 saturated carbocycles. The number of benzene rings is 1. The molecule has 1 aromatic carbocycles. The number of anilines is 1. The van der Waals surface area contributed by atoms with Crippen molar-refractivity contribution in [3.05, 3.63) is 47.8 Å². The van der Waals surface area contributed by atoms with Gasteiger partial charge in [0.2, 0.25) is 5.91 Å². The van der Waals surface area contributed by atoms with E-state index in [-0.39, 0.29) is 12.3 Å². The minimum absolute atomic E-state index is 0.0556. The van der Waals surface area contributed by atoms with Crippen LogP contribution in [0.2, 0.25) is 0 Å². The number of carbonyl (C=O) groups is 1. The lowest BCUT2D eigenvalue weighted by molar-refractivity contribution is -0.120. The Bertz CT molecular complexity index is 731. The lowest BCUT2D eigenvalue weighted by Gasteiger charge is -2.19. The quantitative estimate of drug-likeness (QED) is 0.908. The second-order valence-electron chi connectivity index (χ2n) is 6.16. The number of amides is 1. The molecule has 3 rings (SSSR count). The first-order valence-electron chi connectivity index (χ1n) is 7.96. The first-order valence-corrected chi connectivity index (χ1v) is 7.96. The van der Waals surface area contributed by atoms with Crippen molar-refractivity contribution in [2.75, 3.05) is 24.5 Å². The van der Waals surface area contributed by atoms with Gasteiger partial charge in [0.15, 0.2) is 11.6 Å². The SMILES string of the molecule is Cn1ccc(CC(=O)NCC2CCN(c3ccc(F)c(F)c3)C2)n1. The van der Waals surface area contributed by atoms with Crippen molar-refractivity contribution in [3.63, 3.8) is 0 Å². The van der Waals surface area contributed by atoms with Gasteiger partial charge in [-0.15, -0.1) is 0 Å². The van der Waals surface area contributed by atoms with Gasteiger partial charge >= 0.3 is 0 Å². The Morgan fingerprint density at radius 1 is 1.33 bits per heavy atom. The third-order valence-corrected chi connectivity index (χ3v) is 4.25. The number of halogens is 2. The Morgan fingerprint density at radius 2 is 2.17 bits per heavy atom. The summed E-state index contributed by atoms with van der Waals surface area (Å²) in [5.41, 5.74) is 1.42. The zero-order valence-electron chi connectivity index (χ0n) is 13.5. The molecule has 2 heterocycles. The molecule has 0 bridgehead atoms. The fourth-order valence-corrected chi connectivity index (χ4v) is 2.96. The molecule has 1 aliphatic rings. The van der Waals surface area contributed by atoms with Crippen LogP contribution in [0.25, 0.3) is 0 Å². The summed E-state index contributed by atoms with van der Waals surface area (Å²) in [6.45, 7) is 2.06. The Morgan fingerprint density at radius 3 is 2.88 bits per heavy atom. The Balaban J connectivity index is 1.47. The zero-order valence-corrected chi connectivity index (χ0v) is 13.5. The first-order chi connectivity index (χ1) is 11.5. The molecule has 0 spiro atoms. The van der Waals surface area contributed by atoms with E-state index < -0.39 is 11.6 Å². The third kappa shape index (κ3) is 3.90. The van der Waals surface area contributed by atoms with Crippen molar-refractivity contribution in [1.29, 1.82) is 0 Å². The van der Waals surface area contributed by atoms with E-state index >= 15 is 0 Å². The molecule has 1 aromatic heterocycles. The predicted molar refractivity (Wildman–Crippen MR) is 86.6 cm³/mol. The van der Waals surface area contributed by atoms with Crippen LogP contribution in [0, 0.1) is 17.6 Å². The number of nitrogens with zero attached hydrogens (tertiary/aromatic N) is 3. The van der Waals surface area contributed by atoms with Gasteiger partial charge < -0.3 is 10.2 Å². The number of aryl methyl sites for hydroxylation is 1. The summed E-state index contributed by atoms with van der Waals surface area (Å²) in [5.74, 6) is -1.43. The van der Waals surface area contributed by atoms with Crippen molar-refractivity contribution >= 4 is 11.6 Å². The Hall–Kier alpha value is -2.44. The molecule has 1 atom stereocenters. The molecular formula is C17H20F2N4O. The molecule has 24 heavy (non-hydrogen) atoms. The number of carbonyl (C=O) groups excluding carboxylic acids is 1. The van der Waals surface area contributed by atoms with Crippen molar-refractivity contribution in [2.24, 2.45) is 13.0 Å². The van der Waals surface area contributed by atoms with E-state index in [2.05, 4.69) is 10.4 Å². The maximum atomic E-state index is 13.3. The molecule has 1 amide bonds. The predicted octanol–water partition coefficient (Wildman–Crippen LogP) is 1.88. The molecule has 1 saturated heterocycles. The molecule has 5 nitrogen and oxygen atoms in total. The number of aromatic nitrogens is 2. The van der Waals surface area contributed by atoms with Crippen molar-refractivity contribution in [1.82, 2.24) is 15.1 Å². The Labute approximate surface area is 139 Å². The smallest absolute Gasteiger partial charge is 0.226 e. The molecule has 1 aliphatic heterocycles. The standard InChI is InChI=1S/C17H20F2N4O/c1-22-6-5-13(21-22)8-17(24)20-10-12-4-7-23(11-12)14-2-3-15(18)16(19)9-14/h2-3,5-6,9,12H,4,7-8,10-11H2,1H3,(H,20,24). The van der Waals surface area contributed by atoms with Gasteiger partial charge in [-0.25, -0.2) is 8.78 Å². The highest BCUT2D eigenvalue weighted by Crippen LogP contribution is 2.24. The summed E-state index contributed by atoms with van der Waals surface area (Å²) in [4.78, 5) is 14.0. The molecule has 0 aliphatic carbocycles. The first kappa shape index (κ1) is 16.4. The Kier molecular flexibility index (Phi) is 4.78. The average Bonchev–Trinajstić information content (AvgIpc) is 3.17. The van der Waals surface area contributed by atoms with Gasteiger partial charge in [-0.1, -0.05) is 0 Å². The minimum atomic E-state index is -0.837. The lowest BCUT2D eigenvalue weighted by Crippen LogP contribution is -2.32. The van der Waals surface area contributed by atoms with E-state index in [0.717, 1.165) is 31.3 Å². The van der Waals surface area contributed by atoms with E-state index in [9.17, 15) is 13.6 Å². The number of rotatable bonds is 5. The summed E-state index contributed by atoms with van der Waals surface area (Å²) in [5, 5.41) is 7.10. The van der Waals surface area contributed by atoms with Crippen molar-refractivity contribution in [3.8, 4) is 0 Å². The van der Waals surface area contributed by atoms with Gasteiger partial charge in [-0.05, 0) is 30.5 Å². The molecule has 1 unspecified atom stereocenters. The maximum absolute atomic E-state index is 13.3. The van der Waals surface area contributed by atoms with Crippen molar-refractivity contribution in [2.45, 2.75) is 12.8 Å². The van der Waals surface area contributed by atoms with Gasteiger partial charge in [0.25, 0.3) is 0 Å². The summed E-state index contributed by atoms with van der Waals surface area (Å²) in [6.07, 6.45) is 2.97. The fourth-order valence-electron chi connectivity index (χ4n) is 2.96. The van der Waals surface area contributed by atoms with Crippen LogP contribution in [-0.4, -0.2) is 35.3 Å². The van der Waals surface area contributed by atoms with Gasteiger partial charge in [-0.2, -0.15) is 5.10 Å². The minimum Gasteiger partial charge on any atom is -0.371 e. The second-order valence-corrected chi connectivity index (χ2v) is 6.16. The summed E-state index contributed by atoms with van der Waals surface area (Å²) < 4.78 is 28.0. The highest BCUT2D eigenvalue weighted by Gasteiger charge is 2.23. The normalized spacial score (nSPS) is 17.3. The van der Waals surface area contributed by atoms with Gasteiger partial charge in [0, 0.05) is 44.6 Å². The molecule has 128 valence electrons. The highest BCUT2D eigenvalue weighted by molar-refractivity contribution is 5.78. The average molecular weight is 334 g/mol. The maximum Gasteiger partial charge on any atom is 0.226 e.